The molecule has 1 aromatic heterocycles. The van der Waals surface area contributed by atoms with Gasteiger partial charge in [0.2, 0.25) is 5.91 Å². The van der Waals surface area contributed by atoms with Crippen LogP contribution >= 0.6 is 0 Å². The molecule has 0 spiro atoms. The number of hydrogen-bond acceptors (Lipinski definition) is 4. The van der Waals surface area contributed by atoms with Gasteiger partial charge in [0, 0.05) is 44.5 Å². The number of anilines is 1. The molecular formula is C16H24N4O. The van der Waals surface area contributed by atoms with Crippen molar-refractivity contribution in [2.24, 2.45) is 0 Å². The molecule has 0 aromatic carbocycles. The Hall–Kier alpha value is -1.62. The van der Waals surface area contributed by atoms with E-state index in [1.807, 2.05) is 22.9 Å². The van der Waals surface area contributed by atoms with Crippen molar-refractivity contribution in [3.8, 4) is 0 Å². The normalized spacial score (nSPS) is 18.0. The SMILES string of the molecule is CN(CC(=O)N1CCCC1)c1ncccc1CNC1CC1. The van der Waals surface area contributed by atoms with Crippen LogP contribution in [0, 0.1) is 0 Å². The van der Waals surface area contributed by atoms with Crippen molar-refractivity contribution >= 4 is 11.7 Å². The van der Waals surface area contributed by atoms with Crippen molar-refractivity contribution in [1.82, 2.24) is 15.2 Å². The number of pyridine rings is 1. The lowest BCUT2D eigenvalue weighted by Gasteiger charge is -2.24. The molecule has 2 fully saturated rings. The van der Waals surface area contributed by atoms with E-state index in [2.05, 4.69) is 16.4 Å². The third-order valence-electron chi connectivity index (χ3n) is 4.22. The van der Waals surface area contributed by atoms with Crippen LogP contribution in [0.1, 0.15) is 31.2 Å². The van der Waals surface area contributed by atoms with E-state index >= 15 is 0 Å². The number of rotatable bonds is 6. The van der Waals surface area contributed by atoms with Crippen molar-refractivity contribution in [3.05, 3.63) is 23.9 Å². The first-order valence-electron chi connectivity index (χ1n) is 7.90. The Bertz CT molecular complexity index is 495. The number of amides is 1. The van der Waals surface area contributed by atoms with Gasteiger partial charge in [0.25, 0.3) is 0 Å². The first-order chi connectivity index (χ1) is 10.2. The molecule has 0 bridgehead atoms. The summed E-state index contributed by atoms with van der Waals surface area (Å²) in [5, 5.41) is 3.51. The standard InChI is InChI=1S/C16H24N4O/c1-19(12-15(21)20-9-2-3-10-20)16-13(5-4-8-17-16)11-18-14-6-7-14/h4-5,8,14,18H,2-3,6-7,9-12H2,1H3. The van der Waals surface area contributed by atoms with Crippen LogP contribution in [0.25, 0.3) is 0 Å². The Morgan fingerprint density at radius 2 is 2.19 bits per heavy atom. The highest BCUT2D eigenvalue weighted by atomic mass is 16.2. The Morgan fingerprint density at radius 3 is 2.90 bits per heavy atom. The summed E-state index contributed by atoms with van der Waals surface area (Å²) in [5.41, 5.74) is 1.17. The number of nitrogens with zero attached hydrogens (tertiary/aromatic N) is 3. The molecule has 1 aromatic rings. The molecule has 1 amide bonds. The number of likely N-dealkylation sites (tertiary alicyclic amines) is 1. The predicted molar refractivity (Wildman–Crippen MR) is 83.2 cm³/mol. The van der Waals surface area contributed by atoms with E-state index in [0.29, 0.717) is 12.6 Å². The predicted octanol–water partition coefficient (Wildman–Crippen LogP) is 1.39. The Morgan fingerprint density at radius 1 is 1.43 bits per heavy atom. The molecule has 0 atom stereocenters. The van der Waals surface area contributed by atoms with Crippen LogP contribution in [0.15, 0.2) is 18.3 Å². The van der Waals surface area contributed by atoms with Gasteiger partial charge in [-0.25, -0.2) is 4.98 Å². The zero-order valence-corrected chi connectivity index (χ0v) is 12.7. The van der Waals surface area contributed by atoms with Crippen LogP contribution in [0.4, 0.5) is 5.82 Å². The largest absolute Gasteiger partial charge is 0.350 e. The highest BCUT2D eigenvalue weighted by Crippen LogP contribution is 2.21. The second kappa shape index (κ2) is 6.43. The van der Waals surface area contributed by atoms with E-state index < -0.39 is 0 Å². The maximum Gasteiger partial charge on any atom is 0.242 e. The zero-order chi connectivity index (χ0) is 14.7. The molecule has 114 valence electrons. The van der Waals surface area contributed by atoms with Gasteiger partial charge in [-0.15, -0.1) is 0 Å². The third kappa shape index (κ3) is 3.73. The maximum atomic E-state index is 12.3. The van der Waals surface area contributed by atoms with Gasteiger partial charge in [-0.3, -0.25) is 4.79 Å². The number of likely N-dealkylation sites (N-methyl/N-ethyl adjacent to an activating group) is 1. The van der Waals surface area contributed by atoms with Crippen molar-refractivity contribution < 1.29 is 4.79 Å². The smallest absolute Gasteiger partial charge is 0.242 e. The van der Waals surface area contributed by atoms with Gasteiger partial charge < -0.3 is 15.1 Å². The molecule has 0 radical (unpaired) electrons. The summed E-state index contributed by atoms with van der Waals surface area (Å²) in [7, 11) is 1.96. The fraction of sp³-hybridized carbons (Fsp3) is 0.625. The molecule has 2 aliphatic rings. The van der Waals surface area contributed by atoms with E-state index in [9.17, 15) is 4.79 Å². The average molecular weight is 288 g/mol. The highest BCUT2D eigenvalue weighted by molar-refractivity contribution is 5.81. The molecule has 1 aliphatic carbocycles. The lowest BCUT2D eigenvalue weighted by atomic mass is 10.2. The quantitative estimate of drug-likeness (QED) is 0.859. The van der Waals surface area contributed by atoms with E-state index in [-0.39, 0.29) is 5.91 Å². The number of carbonyl (C=O) groups is 1. The molecule has 1 saturated carbocycles. The van der Waals surface area contributed by atoms with Crippen LogP contribution in [-0.2, 0) is 11.3 Å². The van der Waals surface area contributed by atoms with Gasteiger partial charge in [-0.05, 0) is 31.7 Å². The molecule has 0 unspecified atom stereocenters. The van der Waals surface area contributed by atoms with Gasteiger partial charge in [-0.1, -0.05) is 6.07 Å². The zero-order valence-electron chi connectivity index (χ0n) is 12.7. The summed E-state index contributed by atoms with van der Waals surface area (Å²) in [6, 6.07) is 4.73. The van der Waals surface area contributed by atoms with Crippen molar-refractivity contribution in [1.29, 1.82) is 0 Å². The average Bonchev–Trinajstić information content (AvgIpc) is 3.16. The van der Waals surface area contributed by atoms with E-state index in [0.717, 1.165) is 38.3 Å². The fourth-order valence-electron chi connectivity index (χ4n) is 2.80. The first kappa shape index (κ1) is 14.3. The van der Waals surface area contributed by atoms with Gasteiger partial charge in [0.1, 0.15) is 5.82 Å². The molecular weight excluding hydrogens is 264 g/mol. The molecule has 3 rings (SSSR count). The summed E-state index contributed by atoms with van der Waals surface area (Å²) < 4.78 is 0. The molecule has 5 heteroatoms. The summed E-state index contributed by atoms with van der Waals surface area (Å²) in [6.45, 7) is 3.06. The molecule has 5 nitrogen and oxygen atoms in total. The topological polar surface area (TPSA) is 48.5 Å². The third-order valence-corrected chi connectivity index (χ3v) is 4.22. The highest BCUT2D eigenvalue weighted by Gasteiger charge is 2.22. The lowest BCUT2D eigenvalue weighted by molar-refractivity contribution is -0.128. The second-order valence-electron chi connectivity index (χ2n) is 6.09. The molecule has 2 heterocycles. The van der Waals surface area contributed by atoms with Crippen LogP contribution < -0.4 is 10.2 Å². The second-order valence-corrected chi connectivity index (χ2v) is 6.09. The Balaban J connectivity index is 1.62. The van der Waals surface area contributed by atoms with Crippen molar-refractivity contribution in [2.75, 3.05) is 31.6 Å². The van der Waals surface area contributed by atoms with Gasteiger partial charge in [0.05, 0.1) is 6.54 Å². The van der Waals surface area contributed by atoms with Gasteiger partial charge in [-0.2, -0.15) is 0 Å². The minimum atomic E-state index is 0.210. The fourth-order valence-corrected chi connectivity index (χ4v) is 2.80. The summed E-state index contributed by atoms with van der Waals surface area (Å²) >= 11 is 0. The number of hydrogen-bond donors (Lipinski definition) is 1. The van der Waals surface area contributed by atoms with Gasteiger partial charge in [0.15, 0.2) is 0 Å². The van der Waals surface area contributed by atoms with Crippen LogP contribution in [0.3, 0.4) is 0 Å². The van der Waals surface area contributed by atoms with E-state index in [4.69, 9.17) is 0 Å². The summed E-state index contributed by atoms with van der Waals surface area (Å²) in [6.07, 6.45) is 6.62. The van der Waals surface area contributed by atoms with Gasteiger partial charge >= 0.3 is 0 Å². The molecule has 1 N–H and O–H groups in total. The first-order valence-corrected chi connectivity index (χ1v) is 7.90. The monoisotopic (exact) mass is 288 g/mol. The summed E-state index contributed by atoms with van der Waals surface area (Å²) in [5.74, 6) is 1.12. The Labute approximate surface area is 126 Å². The minimum Gasteiger partial charge on any atom is -0.350 e. The molecule has 1 aliphatic heterocycles. The van der Waals surface area contributed by atoms with E-state index in [1.54, 1.807) is 6.20 Å². The van der Waals surface area contributed by atoms with E-state index in [1.165, 1.54) is 18.4 Å². The Kier molecular flexibility index (Phi) is 4.39. The van der Waals surface area contributed by atoms with Crippen molar-refractivity contribution in [3.63, 3.8) is 0 Å². The number of carbonyl (C=O) groups excluding carboxylic acids is 1. The maximum absolute atomic E-state index is 12.3. The van der Waals surface area contributed by atoms with Crippen LogP contribution in [0.5, 0.6) is 0 Å². The number of aromatic nitrogens is 1. The number of nitrogens with one attached hydrogen (secondary N) is 1. The summed E-state index contributed by atoms with van der Waals surface area (Å²) in [4.78, 5) is 20.7. The molecule has 21 heavy (non-hydrogen) atoms. The van der Waals surface area contributed by atoms with Crippen LogP contribution in [-0.4, -0.2) is 48.5 Å². The minimum absolute atomic E-state index is 0.210. The lowest BCUT2D eigenvalue weighted by Crippen LogP contribution is -2.38. The van der Waals surface area contributed by atoms with Crippen molar-refractivity contribution in [2.45, 2.75) is 38.3 Å². The van der Waals surface area contributed by atoms with Crippen LogP contribution in [0.2, 0.25) is 0 Å². The molecule has 1 saturated heterocycles.